The second-order valence-corrected chi connectivity index (χ2v) is 5.19. The zero-order valence-electron chi connectivity index (χ0n) is 6.67. The SMILES string of the molecule is O=S(=O)(CC(F)(F)F)C1CCOC1. The van der Waals surface area contributed by atoms with Crippen LogP contribution >= 0.6 is 0 Å². The number of hydrogen-bond acceptors (Lipinski definition) is 3. The van der Waals surface area contributed by atoms with Gasteiger partial charge in [0.15, 0.2) is 9.84 Å². The number of alkyl halides is 3. The molecular weight excluding hydrogens is 209 g/mol. The van der Waals surface area contributed by atoms with E-state index in [0.29, 0.717) is 0 Å². The van der Waals surface area contributed by atoms with Crippen molar-refractivity contribution in [2.24, 2.45) is 0 Å². The van der Waals surface area contributed by atoms with Crippen molar-refractivity contribution in [2.45, 2.75) is 17.8 Å². The van der Waals surface area contributed by atoms with Gasteiger partial charge in [-0.2, -0.15) is 13.2 Å². The Morgan fingerprint density at radius 1 is 1.38 bits per heavy atom. The fraction of sp³-hybridized carbons (Fsp3) is 1.00. The molecule has 0 radical (unpaired) electrons. The molecule has 0 saturated carbocycles. The number of rotatable bonds is 2. The van der Waals surface area contributed by atoms with Crippen molar-refractivity contribution in [3.8, 4) is 0 Å². The van der Waals surface area contributed by atoms with Crippen LogP contribution in [-0.4, -0.2) is 38.8 Å². The predicted octanol–water partition coefficient (Wildman–Crippen LogP) is 0.752. The third-order valence-corrected chi connectivity index (χ3v) is 3.88. The number of halogens is 3. The van der Waals surface area contributed by atoms with Crippen LogP contribution in [0.3, 0.4) is 0 Å². The summed E-state index contributed by atoms with van der Waals surface area (Å²) < 4.78 is 62.2. The van der Waals surface area contributed by atoms with Gasteiger partial charge in [0.25, 0.3) is 0 Å². The van der Waals surface area contributed by atoms with Gasteiger partial charge in [0, 0.05) is 6.61 Å². The summed E-state index contributed by atoms with van der Waals surface area (Å²) in [5.74, 6) is -1.74. The van der Waals surface area contributed by atoms with Crippen LogP contribution in [-0.2, 0) is 14.6 Å². The van der Waals surface area contributed by atoms with Crippen LogP contribution in [0.25, 0.3) is 0 Å². The molecule has 1 heterocycles. The van der Waals surface area contributed by atoms with E-state index in [1.54, 1.807) is 0 Å². The average Bonchev–Trinajstić information content (AvgIpc) is 2.29. The lowest BCUT2D eigenvalue weighted by molar-refractivity contribution is -0.106. The van der Waals surface area contributed by atoms with E-state index in [2.05, 4.69) is 0 Å². The summed E-state index contributed by atoms with van der Waals surface area (Å²) in [6.45, 7) is 0.111. The second-order valence-electron chi connectivity index (χ2n) is 2.91. The summed E-state index contributed by atoms with van der Waals surface area (Å²) in [5.41, 5.74) is 0. The van der Waals surface area contributed by atoms with Crippen LogP contribution in [0.2, 0.25) is 0 Å². The normalized spacial score (nSPS) is 25.0. The highest BCUT2D eigenvalue weighted by atomic mass is 32.2. The Hall–Kier alpha value is -0.300. The molecule has 78 valence electrons. The molecule has 1 aliphatic heterocycles. The van der Waals surface area contributed by atoms with Crippen molar-refractivity contribution in [3.05, 3.63) is 0 Å². The minimum atomic E-state index is -4.65. The van der Waals surface area contributed by atoms with Crippen molar-refractivity contribution in [1.82, 2.24) is 0 Å². The van der Waals surface area contributed by atoms with Gasteiger partial charge in [0.2, 0.25) is 0 Å². The molecule has 0 bridgehead atoms. The molecule has 7 heteroatoms. The third-order valence-electron chi connectivity index (χ3n) is 1.76. The summed E-state index contributed by atoms with van der Waals surface area (Å²) in [5, 5.41) is -0.978. The Morgan fingerprint density at radius 2 is 2.00 bits per heavy atom. The maximum absolute atomic E-state index is 11.8. The van der Waals surface area contributed by atoms with Crippen LogP contribution < -0.4 is 0 Å². The Labute approximate surface area is 73.8 Å². The Kier molecular flexibility index (Phi) is 2.86. The lowest BCUT2D eigenvalue weighted by Gasteiger charge is -2.11. The van der Waals surface area contributed by atoms with Crippen LogP contribution in [0.15, 0.2) is 0 Å². The molecule has 1 atom stereocenters. The monoisotopic (exact) mass is 218 g/mol. The number of ether oxygens (including phenoxy) is 1. The van der Waals surface area contributed by atoms with Gasteiger partial charge >= 0.3 is 6.18 Å². The molecule has 0 spiro atoms. The molecule has 1 fully saturated rings. The largest absolute Gasteiger partial charge is 0.402 e. The van der Waals surface area contributed by atoms with Crippen molar-refractivity contribution >= 4 is 9.84 Å². The van der Waals surface area contributed by atoms with E-state index in [-0.39, 0.29) is 19.6 Å². The highest BCUT2D eigenvalue weighted by Gasteiger charge is 2.40. The lowest BCUT2D eigenvalue weighted by atomic mass is 10.4. The zero-order chi connectivity index (χ0) is 10.1. The molecule has 13 heavy (non-hydrogen) atoms. The quantitative estimate of drug-likeness (QED) is 0.687. The fourth-order valence-corrected chi connectivity index (χ4v) is 2.59. The number of sulfone groups is 1. The van der Waals surface area contributed by atoms with E-state index >= 15 is 0 Å². The summed E-state index contributed by atoms with van der Waals surface area (Å²) in [6.07, 6.45) is -4.49. The topological polar surface area (TPSA) is 43.4 Å². The average molecular weight is 218 g/mol. The van der Waals surface area contributed by atoms with E-state index in [1.807, 2.05) is 0 Å². The number of hydrogen-bond donors (Lipinski definition) is 0. The molecule has 0 N–H and O–H groups in total. The molecule has 1 aliphatic rings. The van der Waals surface area contributed by atoms with Crippen molar-refractivity contribution < 1.29 is 26.3 Å². The smallest absolute Gasteiger partial charge is 0.380 e. The standard InChI is InChI=1S/C6H9F3O3S/c7-6(8,9)4-13(10,11)5-1-2-12-3-5/h5H,1-4H2. The lowest BCUT2D eigenvalue weighted by Crippen LogP contribution is -2.31. The first-order chi connectivity index (χ1) is 5.81. The fourth-order valence-electron chi connectivity index (χ4n) is 1.14. The molecule has 3 nitrogen and oxygen atoms in total. The molecule has 1 saturated heterocycles. The summed E-state index contributed by atoms with van der Waals surface area (Å²) >= 11 is 0. The minimum absolute atomic E-state index is 0.113. The first-order valence-electron chi connectivity index (χ1n) is 3.67. The van der Waals surface area contributed by atoms with E-state index in [0.717, 1.165) is 0 Å². The van der Waals surface area contributed by atoms with Gasteiger partial charge in [-0.25, -0.2) is 8.42 Å². The van der Waals surface area contributed by atoms with Crippen molar-refractivity contribution in [2.75, 3.05) is 19.0 Å². The van der Waals surface area contributed by atoms with E-state index < -0.39 is 27.0 Å². The van der Waals surface area contributed by atoms with Crippen LogP contribution in [0.4, 0.5) is 13.2 Å². The third kappa shape index (κ3) is 3.15. The first kappa shape index (κ1) is 10.8. The summed E-state index contributed by atoms with van der Waals surface area (Å²) in [7, 11) is -4.07. The van der Waals surface area contributed by atoms with E-state index in [9.17, 15) is 21.6 Å². The molecule has 1 rings (SSSR count). The van der Waals surface area contributed by atoms with Gasteiger partial charge in [0.05, 0.1) is 11.9 Å². The summed E-state index contributed by atoms with van der Waals surface area (Å²) in [6, 6.07) is 0. The van der Waals surface area contributed by atoms with Gasteiger partial charge in [0.1, 0.15) is 5.75 Å². The van der Waals surface area contributed by atoms with Gasteiger partial charge in [-0.05, 0) is 6.42 Å². The molecule has 1 unspecified atom stereocenters. The van der Waals surface area contributed by atoms with Gasteiger partial charge in [-0.15, -0.1) is 0 Å². The first-order valence-corrected chi connectivity index (χ1v) is 5.39. The Morgan fingerprint density at radius 3 is 2.38 bits per heavy atom. The van der Waals surface area contributed by atoms with Gasteiger partial charge < -0.3 is 4.74 Å². The maximum atomic E-state index is 11.8. The van der Waals surface area contributed by atoms with Gasteiger partial charge in [-0.1, -0.05) is 0 Å². The molecular formula is C6H9F3O3S. The Bertz CT molecular complexity index is 263. The van der Waals surface area contributed by atoms with E-state index in [1.165, 1.54) is 0 Å². The molecule has 0 aliphatic carbocycles. The Balaban J connectivity index is 2.66. The minimum Gasteiger partial charge on any atom is -0.380 e. The summed E-state index contributed by atoms with van der Waals surface area (Å²) in [4.78, 5) is 0. The van der Waals surface area contributed by atoms with Crippen molar-refractivity contribution in [3.63, 3.8) is 0 Å². The molecule has 0 aromatic carbocycles. The van der Waals surface area contributed by atoms with Crippen LogP contribution in [0.5, 0.6) is 0 Å². The highest BCUT2D eigenvalue weighted by molar-refractivity contribution is 7.92. The van der Waals surface area contributed by atoms with Gasteiger partial charge in [-0.3, -0.25) is 0 Å². The van der Waals surface area contributed by atoms with Crippen LogP contribution in [0.1, 0.15) is 6.42 Å². The highest BCUT2D eigenvalue weighted by Crippen LogP contribution is 2.23. The zero-order valence-corrected chi connectivity index (χ0v) is 7.49. The molecule has 0 aromatic heterocycles. The van der Waals surface area contributed by atoms with E-state index in [4.69, 9.17) is 4.74 Å². The predicted molar refractivity (Wildman–Crippen MR) is 39.1 cm³/mol. The molecule has 0 aromatic rings. The van der Waals surface area contributed by atoms with Crippen molar-refractivity contribution in [1.29, 1.82) is 0 Å². The second kappa shape index (κ2) is 3.45. The maximum Gasteiger partial charge on any atom is 0.402 e. The van der Waals surface area contributed by atoms with Crippen LogP contribution in [0, 0.1) is 0 Å². The molecule has 0 amide bonds.